The molecule has 0 radical (unpaired) electrons. The van der Waals surface area contributed by atoms with Crippen molar-refractivity contribution < 1.29 is 14.2 Å². The maximum Gasteiger partial charge on any atom is 0.202 e. The smallest absolute Gasteiger partial charge is 0.202 e. The summed E-state index contributed by atoms with van der Waals surface area (Å²) in [6, 6.07) is 0. The fraction of sp³-hybridized carbons (Fsp3) is 0.562. The molecule has 0 aromatic carbocycles. The first-order valence-electron chi connectivity index (χ1n) is 8.70. The molecule has 1 aliphatic heterocycles. The number of hydrogen-bond acceptors (Lipinski definition) is 8. The summed E-state index contributed by atoms with van der Waals surface area (Å²) < 4.78 is 18.6. The summed E-state index contributed by atoms with van der Waals surface area (Å²) >= 11 is 3.16. The highest BCUT2D eigenvalue weighted by atomic mass is 79.9. The van der Waals surface area contributed by atoms with Gasteiger partial charge in [0.05, 0.1) is 4.48 Å². The predicted octanol–water partition coefficient (Wildman–Crippen LogP) is 2.26. The first-order chi connectivity index (χ1) is 13.0. The van der Waals surface area contributed by atoms with Gasteiger partial charge in [-0.3, -0.25) is 10.7 Å². The lowest BCUT2D eigenvalue weighted by Gasteiger charge is -2.23. The van der Waals surface area contributed by atoms with Gasteiger partial charge in [-0.05, 0) is 51.1 Å². The Morgan fingerprint density at radius 3 is 2.96 bits per heavy atom. The van der Waals surface area contributed by atoms with E-state index < -0.39 is 0 Å². The number of hydrazine groups is 1. The van der Waals surface area contributed by atoms with Crippen molar-refractivity contribution in [2.45, 2.75) is 19.3 Å². The molecule has 1 aromatic rings. The standard InChI is InChI=1S/C16H23BrFN7O2/c1-24(2)25-6-5-10(9-25)8-19-15-14(22-27-23-15)16(21-26)20-11-3-4-13(18)12(17)7-11/h7,10,26H,3-6,8-9H2,1-2H3,(H,19,23)(H,20,21). The van der Waals surface area contributed by atoms with E-state index in [1.165, 1.54) is 0 Å². The van der Waals surface area contributed by atoms with Crippen molar-refractivity contribution in [2.24, 2.45) is 10.9 Å². The van der Waals surface area contributed by atoms with Crippen molar-refractivity contribution >= 4 is 27.6 Å². The zero-order chi connectivity index (χ0) is 19.4. The summed E-state index contributed by atoms with van der Waals surface area (Å²) in [5.74, 6) is 0.732. The fourth-order valence-corrected chi connectivity index (χ4v) is 3.52. The van der Waals surface area contributed by atoms with Gasteiger partial charge >= 0.3 is 0 Å². The van der Waals surface area contributed by atoms with Gasteiger partial charge in [0.15, 0.2) is 11.5 Å². The summed E-state index contributed by atoms with van der Waals surface area (Å²) in [6.45, 7) is 2.67. The van der Waals surface area contributed by atoms with E-state index in [9.17, 15) is 9.60 Å². The Balaban J connectivity index is 1.68. The van der Waals surface area contributed by atoms with Crippen LogP contribution in [0.3, 0.4) is 0 Å². The molecule has 0 bridgehead atoms. The molecule has 11 heteroatoms. The Labute approximate surface area is 165 Å². The van der Waals surface area contributed by atoms with Crippen LogP contribution in [0.5, 0.6) is 0 Å². The normalized spacial score (nSPS) is 21.8. The fourth-order valence-electron chi connectivity index (χ4n) is 3.06. The summed E-state index contributed by atoms with van der Waals surface area (Å²) in [4.78, 5) is 4.33. The van der Waals surface area contributed by atoms with E-state index in [0.29, 0.717) is 34.9 Å². The highest BCUT2D eigenvalue weighted by Gasteiger charge is 2.25. The first kappa shape index (κ1) is 19.9. The molecule has 9 nitrogen and oxygen atoms in total. The molecule has 2 aliphatic rings. The summed E-state index contributed by atoms with van der Waals surface area (Å²) in [5, 5.41) is 24.8. The lowest BCUT2D eigenvalue weighted by Crippen LogP contribution is -2.35. The minimum Gasteiger partial charge on any atom is -0.365 e. The molecule has 3 N–H and O–H groups in total. The van der Waals surface area contributed by atoms with Crippen LogP contribution < -0.4 is 10.8 Å². The van der Waals surface area contributed by atoms with Crippen LogP contribution in [-0.2, 0) is 0 Å². The largest absolute Gasteiger partial charge is 0.365 e. The van der Waals surface area contributed by atoms with Crippen LogP contribution in [0.1, 0.15) is 25.0 Å². The van der Waals surface area contributed by atoms with Gasteiger partial charge < -0.3 is 5.32 Å². The molecule has 1 unspecified atom stereocenters. The number of nitrogens with zero attached hydrogens (tertiary/aromatic N) is 5. The van der Waals surface area contributed by atoms with E-state index >= 15 is 0 Å². The van der Waals surface area contributed by atoms with Crippen molar-refractivity contribution in [3.8, 4) is 0 Å². The molecular formula is C16H23BrFN7O2. The topological polar surface area (TPSA) is 102 Å². The van der Waals surface area contributed by atoms with Crippen LogP contribution in [0, 0.1) is 5.92 Å². The molecule has 1 saturated heterocycles. The van der Waals surface area contributed by atoms with Crippen LogP contribution in [0.2, 0.25) is 0 Å². The van der Waals surface area contributed by atoms with Gasteiger partial charge in [0.25, 0.3) is 0 Å². The second kappa shape index (κ2) is 8.91. The number of allylic oxidation sites excluding steroid dienone is 4. The van der Waals surface area contributed by atoms with Crippen molar-refractivity contribution in [1.29, 1.82) is 0 Å². The Bertz CT molecular complexity index is 762. The zero-order valence-electron chi connectivity index (χ0n) is 15.2. The second-order valence-electron chi connectivity index (χ2n) is 6.72. The molecule has 1 fully saturated rings. The second-order valence-corrected chi connectivity index (χ2v) is 7.57. The molecule has 1 atom stereocenters. The molecule has 1 aromatic heterocycles. The highest BCUT2D eigenvalue weighted by molar-refractivity contribution is 9.11. The maximum absolute atomic E-state index is 13.5. The van der Waals surface area contributed by atoms with E-state index in [0.717, 1.165) is 19.5 Å². The highest BCUT2D eigenvalue weighted by Crippen LogP contribution is 2.29. The van der Waals surface area contributed by atoms with Crippen LogP contribution >= 0.6 is 15.9 Å². The number of rotatable bonds is 6. The van der Waals surface area contributed by atoms with Gasteiger partial charge in [-0.1, -0.05) is 0 Å². The molecule has 3 rings (SSSR count). The average molecular weight is 444 g/mol. The van der Waals surface area contributed by atoms with E-state index in [1.54, 1.807) is 6.08 Å². The maximum atomic E-state index is 13.5. The van der Waals surface area contributed by atoms with Gasteiger partial charge in [0, 0.05) is 45.8 Å². The van der Waals surface area contributed by atoms with Crippen LogP contribution in [-0.4, -0.2) is 65.1 Å². The van der Waals surface area contributed by atoms with Crippen molar-refractivity contribution in [3.05, 3.63) is 27.8 Å². The number of aromatic nitrogens is 2. The Morgan fingerprint density at radius 2 is 2.30 bits per heavy atom. The molecule has 0 amide bonds. The quantitative estimate of drug-likeness (QED) is 0.349. The molecular weight excluding hydrogens is 421 g/mol. The number of aliphatic imine (C=N–C) groups is 1. The summed E-state index contributed by atoms with van der Waals surface area (Å²) in [5.41, 5.74) is 2.91. The summed E-state index contributed by atoms with van der Waals surface area (Å²) in [7, 11) is 4.06. The zero-order valence-corrected chi connectivity index (χ0v) is 16.8. The van der Waals surface area contributed by atoms with Crippen LogP contribution in [0.4, 0.5) is 10.2 Å². The SMILES string of the molecule is CN(C)N1CCC(CNc2nonc2C(=NC2=CC(Br)=C(F)CC2)NO)C1. The van der Waals surface area contributed by atoms with Gasteiger partial charge in [-0.15, -0.1) is 0 Å². The number of halogens is 2. The van der Waals surface area contributed by atoms with Gasteiger partial charge in [0.2, 0.25) is 5.82 Å². The van der Waals surface area contributed by atoms with Gasteiger partial charge in [0.1, 0.15) is 5.83 Å². The molecule has 148 valence electrons. The Hall–Kier alpha value is -1.82. The first-order valence-corrected chi connectivity index (χ1v) is 9.49. The molecule has 0 spiro atoms. The van der Waals surface area contributed by atoms with Gasteiger partial charge in [-0.2, -0.15) is 0 Å². The number of amidine groups is 1. The lowest BCUT2D eigenvalue weighted by molar-refractivity contribution is 0.0497. The molecule has 27 heavy (non-hydrogen) atoms. The van der Waals surface area contributed by atoms with Crippen molar-refractivity contribution in [1.82, 2.24) is 25.8 Å². The molecule has 0 saturated carbocycles. The minimum absolute atomic E-state index is 0.0916. The van der Waals surface area contributed by atoms with Crippen molar-refractivity contribution in [3.63, 3.8) is 0 Å². The monoisotopic (exact) mass is 443 g/mol. The van der Waals surface area contributed by atoms with Crippen LogP contribution in [0.25, 0.3) is 0 Å². The third kappa shape index (κ3) is 4.92. The van der Waals surface area contributed by atoms with Gasteiger partial charge in [-0.25, -0.2) is 24.0 Å². The third-order valence-electron chi connectivity index (χ3n) is 4.62. The van der Waals surface area contributed by atoms with Crippen LogP contribution in [0.15, 0.2) is 31.7 Å². The number of hydroxylamine groups is 1. The predicted molar refractivity (Wildman–Crippen MR) is 102 cm³/mol. The van der Waals surface area contributed by atoms with E-state index in [2.05, 4.69) is 46.6 Å². The number of hydrogen-bond donors (Lipinski definition) is 3. The number of nitrogens with one attached hydrogen (secondary N) is 2. The van der Waals surface area contributed by atoms with E-state index in [4.69, 9.17) is 4.63 Å². The average Bonchev–Trinajstić information content (AvgIpc) is 3.30. The molecule has 1 aliphatic carbocycles. The Morgan fingerprint density at radius 1 is 1.48 bits per heavy atom. The summed E-state index contributed by atoms with van der Waals surface area (Å²) in [6.07, 6.45) is 3.32. The Kier molecular flexibility index (Phi) is 6.58. The number of anilines is 1. The van der Waals surface area contributed by atoms with Crippen molar-refractivity contribution in [2.75, 3.05) is 39.0 Å². The molecule has 2 heterocycles. The third-order valence-corrected chi connectivity index (χ3v) is 5.27. The lowest BCUT2D eigenvalue weighted by atomic mass is 10.1. The minimum atomic E-state index is -0.221. The van der Waals surface area contributed by atoms with E-state index in [1.807, 2.05) is 19.6 Å². The van der Waals surface area contributed by atoms with E-state index in [-0.39, 0.29) is 23.8 Å².